The van der Waals surface area contributed by atoms with Gasteiger partial charge in [0.15, 0.2) is 0 Å². The number of morpholine rings is 1. The third-order valence-electron chi connectivity index (χ3n) is 6.82. The second-order valence-electron chi connectivity index (χ2n) is 9.10. The molecule has 3 aliphatic rings. The molecular formula is C26H31N3O4. The van der Waals surface area contributed by atoms with Crippen LogP contribution in [0.4, 0.5) is 0 Å². The van der Waals surface area contributed by atoms with Crippen LogP contribution >= 0.6 is 0 Å². The van der Waals surface area contributed by atoms with Crippen LogP contribution in [-0.4, -0.2) is 54.0 Å². The van der Waals surface area contributed by atoms with Gasteiger partial charge in [0.1, 0.15) is 12.4 Å². The van der Waals surface area contributed by atoms with E-state index in [2.05, 4.69) is 45.4 Å². The summed E-state index contributed by atoms with van der Waals surface area (Å²) in [7, 11) is 0. The molecule has 2 fully saturated rings. The lowest BCUT2D eigenvalue weighted by atomic mass is 10.0. The van der Waals surface area contributed by atoms with Gasteiger partial charge in [0, 0.05) is 39.1 Å². The zero-order valence-electron chi connectivity index (χ0n) is 18.9. The van der Waals surface area contributed by atoms with Gasteiger partial charge in [0.05, 0.1) is 19.3 Å². The highest BCUT2D eigenvalue weighted by Crippen LogP contribution is 2.30. The minimum Gasteiger partial charge on any atom is -0.489 e. The molecule has 2 amide bonds. The molecule has 5 rings (SSSR count). The van der Waals surface area contributed by atoms with E-state index < -0.39 is 0 Å². The predicted octanol–water partition coefficient (Wildman–Crippen LogP) is 2.61. The summed E-state index contributed by atoms with van der Waals surface area (Å²) in [5.41, 5.74) is 4.91. The van der Waals surface area contributed by atoms with Crippen LogP contribution in [0, 0.1) is 0 Å². The summed E-state index contributed by atoms with van der Waals surface area (Å²) < 4.78 is 11.5. The van der Waals surface area contributed by atoms with E-state index in [1.54, 1.807) is 0 Å². The van der Waals surface area contributed by atoms with Crippen LogP contribution in [0.15, 0.2) is 42.5 Å². The highest BCUT2D eigenvalue weighted by Gasteiger charge is 2.33. The van der Waals surface area contributed by atoms with Crippen LogP contribution < -0.4 is 10.1 Å². The van der Waals surface area contributed by atoms with Gasteiger partial charge in [-0.2, -0.15) is 0 Å². The van der Waals surface area contributed by atoms with Gasteiger partial charge in [-0.15, -0.1) is 0 Å². The molecule has 0 aromatic heterocycles. The third kappa shape index (κ3) is 5.27. The molecule has 2 aromatic rings. The lowest BCUT2D eigenvalue weighted by Gasteiger charge is -2.26. The summed E-state index contributed by atoms with van der Waals surface area (Å²) in [6.45, 7) is 6.44. The predicted molar refractivity (Wildman–Crippen MR) is 123 cm³/mol. The largest absolute Gasteiger partial charge is 0.489 e. The number of hydrogen-bond donors (Lipinski definition) is 1. The minimum absolute atomic E-state index is 0.163. The first kappa shape index (κ1) is 22.1. The maximum atomic E-state index is 12.5. The van der Waals surface area contributed by atoms with Gasteiger partial charge in [-0.3, -0.25) is 24.7 Å². The summed E-state index contributed by atoms with van der Waals surface area (Å²) in [4.78, 5) is 28.8. The molecule has 2 aromatic carbocycles. The van der Waals surface area contributed by atoms with E-state index in [1.807, 2.05) is 12.1 Å². The molecule has 2 saturated heterocycles. The van der Waals surface area contributed by atoms with Crippen molar-refractivity contribution < 1.29 is 19.1 Å². The summed E-state index contributed by atoms with van der Waals surface area (Å²) in [5, 5.41) is 2.53. The number of nitrogens with zero attached hydrogens (tertiary/aromatic N) is 2. The van der Waals surface area contributed by atoms with Gasteiger partial charge in [-0.1, -0.05) is 30.3 Å². The Morgan fingerprint density at radius 1 is 1.03 bits per heavy atom. The molecule has 7 heteroatoms. The van der Waals surface area contributed by atoms with E-state index in [0.717, 1.165) is 57.1 Å². The quantitative estimate of drug-likeness (QED) is 0.684. The molecule has 0 spiro atoms. The smallest absolute Gasteiger partial charge is 0.243 e. The Kier molecular flexibility index (Phi) is 6.71. The number of nitrogens with one attached hydrogen (secondary N) is 1. The molecule has 0 saturated carbocycles. The molecule has 3 aliphatic heterocycles. The number of carbonyl (C=O) groups excluding carboxylic acids is 2. The first-order chi connectivity index (χ1) is 16.2. The van der Waals surface area contributed by atoms with Crippen molar-refractivity contribution in [2.75, 3.05) is 26.3 Å². The number of fused-ring (bicyclic) bond motifs is 1. The number of ether oxygens (including phenoxy) is 2. The van der Waals surface area contributed by atoms with Crippen molar-refractivity contribution in [3.63, 3.8) is 0 Å². The first-order valence-electron chi connectivity index (χ1n) is 11.8. The average molecular weight is 450 g/mol. The van der Waals surface area contributed by atoms with E-state index in [1.165, 1.54) is 16.7 Å². The number of carbonyl (C=O) groups is 2. The molecule has 7 nitrogen and oxygen atoms in total. The maximum Gasteiger partial charge on any atom is 0.243 e. The Morgan fingerprint density at radius 3 is 2.67 bits per heavy atom. The molecule has 0 bridgehead atoms. The van der Waals surface area contributed by atoms with Crippen LogP contribution in [-0.2, 0) is 40.6 Å². The first-order valence-corrected chi connectivity index (χ1v) is 11.8. The molecule has 33 heavy (non-hydrogen) atoms. The van der Waals surface area contributed by atoms with Gasteiger partial charge >= 0.3 is 0 Å². The second kappa shape index (κ2) is 10.0. The van der Waals surface area contributed by atoms with E-state index in [-0.39, 0.29) is 17.9 Å². The molecule has 1 N–H and O–H groups in total. The SMILES string of the molecule is O=C1CCC[C@H](N2Cc3cccc(COc4ccc(CN5CCOCC5)cc4)c3C2)C(=O)N1. The van der Waals surface area contributed by atoms with Crippen LogP contribution in [0.2, 0.25) is 0 Å². The van der Waals surface area contributed by atoms with Crippen LogP contribution in [0.1, 0.15) is 41.5 Å². The van der Waals surface area contributed by atoms with Gasteiger partial charge in [0.2, 0.25) is 11.8 Å². The number of amides is 2. The van der Waals surface area contributed by atoms with Crippen LogP contribution in [0.5, 0.6) is 5.75 Å². The average Bonchev–Trinajstić information content (AvgIpc) is 3.18. The van der Waals surface area contributed by atoms with Crippen molar-refractivity contribution in [1.29, 1.82) is 0 Å². The molecule has 0 aliphatic carbocycles. The standard InChI is InChI=1S/C26H31N3O4/c30-25-6-2-5-24(26(31)27-25)29-16-20-3-1-4-21(23(20)17-29)18-33-22-9-7-19(8-10-22)15-28-11-13-32-14-12-28/h1,3-4,7-10,24H,2,5-6,11-18H2,(H,27,30,31)/t24-/m0/s1. The highest BCUT2D eigenvalue weighted by atomic mass is 16.5. The minimum atomic E-state index is -0.253. The van der Waals surface area contributed by atoms with Gasteiger partial charge < -0.3 is 9.47 Å². The van der Waals surface area contributed by atoms with Gasteiger partial charge in [0.25, 0.3) is 0 Å². The Bertz CT molecular complexity index is 1000. The third-order valence-corrected chi connectivity index (χ3v) is 6.82. The van der Waals surface area contributed by atoms with Crippen molar-refractivity contribution in [3.05, 3.63) is 64.7 Å². The second-order valence-corrected chi connectivity index (χ2v) is 9.10. The topological polar surface area (TPSA) is 71.1 Å². The van der Waals surface area contributed by atoms with Gasteiger partial charge in [-0.05, 0) is 47.2 Å². The fourth-order valence-corrected chi connectivity index (χ4v) is 4.96. The fourth-order valence-electron chi connectivity index (χ4n) is 4.96. The van der Waals surface area contributed by atoms with E-state index in [4.69, 9.17) is 9.47 Å². The molecule has 3 heterocycles. The highest BCUT2D eigenvalue weighted by molar-refractivity contribution is 5.98. The zero-order valence-corrected chi connectivity index (χ0v) is 18.9. The maximum absolute atomic E-state index is 12.5. The van der Waals surface area contributed by atoms with Crippen LogP contribution in [0.25, 0.3) is 0 Å². The Labute approximate surface area is 194 Å². The molecule has 174 valence electrons. The summed E-state index contributed by atoms with van der Waals surface area (Å²) in [5.74, 6) is 0.527. The molecule has 0 radical (unpaired) electrons. The lowest BCUT2D eigenvalue weighted by molar-refractivity contribution is -0.132. The Balaban J connectivity index is 1.20. The van der Waals surface area contributed by atoms with Crippen molar-refractivity contribution in [2.45, 2.75) is 51.5 Å². The van der Waals surface area contributed by atoms with E-state index >= 15 is 0 Å². The number of rotatable bonds is 6. The van der Waals surface area contributed by atoms with Crippen LogP contribution in [0.3, 0.4) is 0 Å². The van der Waals surface area contributed by atoms with Gasteiger partial charge in [-0.25, -0.2) is 0 Å². The Hall–Kier alpha value is -2.74. The number of benzene rings is 2. The molecule has 1 atom stereocenters. The van der Waals surface area contributed by atoms with E-state index in [0.29, 0.717) is 26.0 Å². The molecular weight excluding hydrogens is 418 g/mol. The summed E-state index contributed by atoms with van der Waals surface area (Å²) in [6.07, 6.45) is 1.88. The number of imide groups is 1. The summed E-state index contributed by atoms with van der Waals surface area (Å²) in [6, 6.07) is 14.4. The normalized spacial score (nSPS) is 22.0. The fraction of sp³-hybridized carbons (Fsp3) is 0.462. The number of hydrogen-bond acceptors (Lipinski definition) is 6. The monoisotopic (exact) mass is 449 g/mol. The molecule has 0 unspecified atom stereocenters. The Morgan fingerprint density at radius 2 is 1.85 bits per heavy atom. The van der Waals surface area contributed by atoms with Crippen molar-refractivity contribution in [2.24, 2.45) is 0 Å². The zero-order chi connectivity index (χ0) is 22.6. The van der Waals surface area contributed by atoms with Crippen molar-refractivity contribution >= 4 is 11.8 Å². The summed E-state index contributed by atoms with van der Waals surface area (Å²) >= 11 is 0. The van der Waals surface area contributed by atoms with E-state index in [9.17, 15) is 9.59 Å². The van der Waals surface area contributed by atoms with Crippen molar-refractivity contribution in [3.8, 4) is 5.75 Å². The lowest BCUT2D eigenvalue weighted by Crippen LogP contribution is -2.44. The van der Waals surface area contributed by atoms with Crippen molar-refractivity contribution in [1.82, 2.24) is 15.1 Å².